The van der Waals surface area contributed by atoms with E-state index in [4.69, 9.17) is 5.11 Å². The van der Waals surface area contributed by atoms with Gasteiger partial charge in [0, 0.05) is 13.1 Å². The van der Waals surface area contributed by atoms with Crippen molar-refractivity contribution in [2.45, 2.75) is 43.9 Å². The van der Waals surface area contributed by atoms with Gasteiger partial charge in [-0.2, -0.15) is 0 Å². The minimum Gasteiger partial charge on any atom is -0.478 e. The summed E-state index contributed by atoms with van der Waals surface area (Å²) < 4.78 is 24.7. The van der Waals surface area contributed by atoms with Gasteiger partial charge in [-0.15, -0.1) is 0 Å². The molecule has 2 aliphatic rings. The zero-order valence-corrected chi connectivity index (χ0v) is 14.2. The van der Waals surface area contributed by atoms with E-state index in [1.54, 1.807) is 18.2 Å². The highest BCUT2D eigenvalue weighted by Gasteiger charge is 2.33. The Kier molecular flexibility index (Phi) is 4.62. The Labute approximate surface area is 141 Å². The molecule has 1 N–H and O–H groups in total. The van der Waals surface area contributed by atoms with Crippen molar-refractivity contribution in [3.05, 3.63) is 34.9 Å². The molecule has 24 heavy (non-hydrogen) atoms. The van der Waals surface area contributed by atoms with Crippen molar-refractivity contribution in [1.29, 1.82) is 0 Å². The summed E-state index contributed by atoms with van der Waals surface area (Å²) in [6.07, 6.45) is 3.74. The fraction of sp³-hybridized carbons (Fsp3) is 0.529. The maximum Gasteiger partial charge on any atom is 0.335 e. The Morgan fingerprint density at radius 3 is 2.54 bits per heavy atom. The number of rotatable bonds is 4. The van der Waals surface area contributed by atoms with Crippen molar-refractivity contribution in [2.24, 2.45) is 0 Å². The Hall–Kier alpha value is -1.89. The highest BCUT2D eigenvalue weighted by Crippen LogP contribution is 2.26. The quantitative estimate of drug-likeness (QED) is 0.890. The summed E-state index contributed by atoms with van der Waals surface area (Å²) in [4.78, 5) is 25.0. The standard InChI is InChI=1S/C17H21NO5S/c19-16(11-24(22,23)15-3-1-2-4-15)18-8-7-12-5-6-13(17(20)21)9-14(12)10-18/h5-6,9,15H,1-4,7-8,10-11H2,(H,20,21). The summed E-state index contributed by atoms with van der Waals surface area (Å²) in [7, 11) is -3.39. The third kappa shape index (κ3) is 3.45. The molecule has 3 rings (SSSR count). The third-order valence-corrected chi connectivity index (χ3v) is 7.09. The Bertz CT molecular complexity index is 765. The molecule has 130 valence electrons. The van der Waals surface area contributed by atoms with Crippen molar-refractivity contribution < 1.29 is 23.1 Å². The first-order valence-corrected chi connectivity index (χ1v) is 9.93. The lowest BCUT2D eigenvalue weighted by molar-refractivity contribution is -0.129. The molecule has 0 atom stereocenters. The fourth-order valence-electron chi connectivity index (χ4n) is 3.53. The van der Waals surface area contributed by atoms with E-state index in [9.17, 15) is 18.0 Å². The summed E-state index contributed by atoms with van der Waals surface area (Å²) in [5.74, 6) is -1.83. The maximum atomic E-state index is 12.4. The molecule has 0 unspecified atom stereocenters. The Morgan fingerprint density at radius 2 is 1.88 bits per heavy atom. The van der Waals surface area contributed by atoms with Gasteiger partial charge in [0.2, 0.25) is 5.91 Å². The zero-order chi connectivity index (χ0) is 17.3. The Morgan fingerprint density at radius 1 is 1.17 bits per heavy atom. The number of hydrogen-bond donors (Lipinski definition) is 1. The molecule has 1 saturated carbocycles. The van der Waals surface area contributed by atoms with Crippen LogP contribution in [0.25, 0.3) is 0 Å². The number of fused-ring (bicyclic) bond motifs is 1. The van der Waals surface area contributed by atoms with E-state index in [1.807, 2.05) is 0 Å². The van der Waals surface area contributed by atoms with Crippen molar-refractivity contribution in [2.75, 3.05) is 12.3 Å². The summed E-state index contributed by atoms with van der Waals surface area (Å²) in [5, 5.41) is 8.70. The second kappa shape index (κ2) is 6.55. The predicted molar refractivity (Wildman–Crippen MR) is 88.6 cm³/mol. The van der Waals surface area contributed by atoms with Crippen LogP contribution in [0.5, 0.6) is 0 Å². The van der Waals surface area contributed by atoms with Crippen molar-refractivity contribution in [3.8, 4) is 0 Å². The highest BCUT2D eigenvalue weighted by molar-refractivity contribution is 7.92. The monoisotopic (exact) mass is 351 g/mol. The van der Waals surface area contributed by atoms with Crippen LogP contribution in [0, 0.1) is 0 Å². The summed E-state index contributed by atoms with van der Waals surface area (Å²) >= 11 is 0. The predicted octanol–water partition coefficient (Wildman–Crippen LogP) is 1.63. The van der Waals surface area contributed by atoms with Gasteiger partial charge in [-0.3, -0.25) is 4.79 Å². The van der Waals surface area contributed by atoms with E-state index < -0.39 is 21.6 Å². The van der Waals surface area contributed by atoms with Crippen LogP contribution in [0.1, 0.15) is 47.2 Å². The molecular weight excluding hydrogens is 330 g/mol. The molecule has 0 saturated heterocycles. The number of carboxylic acid groups (broad SMARTS) is 1. The van der Waals surface area contributed by atoms with Gasteiger partial charge in [0.1, 0.15) is 5.75 Å². The molecule has 1 aliphatic heterocycles. The van der Waals surface area contributed by atoms with Gasteiger partial charge in [-0.05, 0) is 42.5 Å². The molecule has 0 radical (unpaired) electrons. The average molecular weight is 351 g/mol. The topological polar surface area (TPSA) is 91.8 Å². The number of hydrogen-bond acceptors (Lipinski definition) is 4. The van der Waals surface area contributed by atoms with Crippen LogP contribution in [0.3, 0.4) is 0 Å². The number of benzene rings is 1. The van der Waals surface area contributed by atoms with Gasteiger partial charge >= 0.3 is 5.97 Å². The molecule has 1 aromatic carbocycles. The van der Waals surface area contributed by atoms with Crippen LogP contribution in [0.4, 0.5) is 0 Å². The minimum absolute atomic E-state index is 0.182. The van der Waals surface area contributed by atoms with E-state index in [-0.39, 0.29) is 23.3 Å². The lowest BCUT2D eigenvalue weighted by Crippen LogP contribution is -2.41. The summed E-state index contributed by atoms with van der Waals surface area (Å²) in [6.45, 7) is 0.744. The first-order chi connectivity index (χ1) is 11.4. The number of aromatic carboxylic acids is 1. The van der Waals surface area contributed by atoms with Gasteiger partial charge in [0.15, 0.2) is 9.84 Å². The van der Waals surface area contributed by atoms with E-state index in [0.717, 1.165) is 24.0 Å². The van der Waals surface area contributed by atoms with Crippen LogP contribution in [0.15, 0.2) is 18.2 Å². The van der Waals surface area contributed by atoms with Crippen LogP contribution in [0.2, 0.25) is 0 Å². The molecule has 1 heterocycles. The number of nitrogens with zero attached hydrogens (tertiary/aromatic N) is 1. The molecule has 0 bridgehead atoms. The maximum absolute atomic E-state index is 12.4. The Balaban J connectivity index is 1.71. The molecule has 0 spiro atoms. The molecular formula is C17H21NO5S. The molecule has 7 heteroatoms. The SMILES string of the molecule is O=C(O)c1ccc2c(c1)CN(C(=O)CS(=O)(=O)C1CCCC1)CC2. The highest BCUT2D eigenvalue weighted by atomic mass is 32.2. The molecule has 6 nitrogen and oxygen atoms in total. The lowest BCUT2D eigenvalue weighted by Gasteiger charge is -2.29. The number of sulfone groups is 1. The zero-order valence-electron chi connectivity index (χ0n) is 13.4. The van der Waals surface area contributed by atoms with E-state index in [2.05, 4.69) is 0 Å². The third-order valence-electron chi connectivity index (χ3n) is 4.95. The number of carboxylic acids is 1. The van der Waals surface area contributed by atoms with Crippen molar-refractivity contribution in [1.82, 2.24) is 4.90 Å². The van der Waals surface area contributed by atoms with E-state index in [1.165, 1.54) is 4.90 Å². The molecule has 1 amide bonds. The summed E-state index contributed by atoms with van der Waals surface area (Å²) in [6, 6.07) is 4.90. The average Bonchev–Trinajstić information content (AvgIpc) is 3.08. The van der Waals surface area contributed by atoms with Crippen molar-refractivity contribution in [3.63, 3.8) is 0 Å². The van der Waals surface area contributed by atoms with Crippen LogP contribution in [-0.2, 0) is 27.6 Å². The van der Waals surface area contributed by atoms with Gasteiger partial charge in [-0.25, -0.2) is 13.2 Å². The lowest BCUT2D eigenvalue weighted by atomic mass is 9.97. The minimum atomic E-state index is -3.39. The van der Waals surface area contributed by atoms with E-state index in [0.29, 0.717) is 25.8 Å². The second-order valence-electron chi connectivity index (χ2n) is 6.57. The van der Waals surface area contributed by atoms with Gasteiger partial charge < -0.3 is 10.0 Å². The number of amides is 1. The first kappa shape index (κ1) is 17.0. The molecule has 1 fully saturated rings. The second-order valence-corrected chi connectivity index (χ2v) is 8.85. The fourth-order valence-corrected chi connectivity index (χ4v) is 5.35. The van der Waals surface area contributed by atoms with Gasteiger partial charge in [0.05, 0.1) is 10.8 Å². The van der Waals surface area contributed by atoms with Gasteiger partial charge in [-0.1, -0.05) is 18.9 Å². The smallest absolute Gasteiger partial charge is 0.335 e. The summed E-state index contributed by atoms with van der Waals surface area (Å²) in [5.41, 5.74) is 1.98. The van der Waals surface area contributed by atoms with Gasteiger partial charge in [0.25, 0.3) is 0 Å². The largest absolute Gasteiger partial charge is 0.478 e. The van der Waals surface area contributed by atoms with Crippen LogP contribution < -0.4 is 0 Å². The first-order valence-electron chi connectivity index (χ1n) is 8.21. The number of carbonyl (C=O) groups is 2. The molecule has 1 aromatic rings. The van der Waals surface area contributed by atoms with Crippen molar-refractivity contribution >= 4 is 21.7 Å². The normalized spacial score (nSPS) is 18.4. The number of carbonyl (C=O) groups excluding carboxylic acids is 1. The van der Waals surface area contributed by atoms with Crippen LogP contribution in [-0.4, -0.2) is 47.8 Å². The van der Waals surface area contributed by atoms with Crippen LogP contribution >= 0.6 is 0 Å². The van der Waals surface area contributed by atoms with E-state index >= 15 is 0 Å². The molecule has 1 aliphatic carbocycles. The molecule has 0 aromatic heterocycles.